The molecule has 0 rings (SSSR count). The van der Waals surface area contributed by atoms with Gasteiger partial charge in [-0.3, -0.25) is 18.6 Å². The number of carbonyl (C=O) groups excluding carboxylic acids is 2. The highest BCUT2D eigenvalue weighted by molar-refractivity contribution is 7.47. The first-order valence-corrected chi connectivity index (χ1v) is 23.1. The summed E-state index contributed by atoms with van der Waals surface area (Å²) in [6.07, 6.45) is 52.9. The summed E-state index contributed by atoms with van der Waals surface area (Å²) in [5.41, 5.74) is 0. The van der Waals surface area contributed by atoms with Crippen molar-refractivity contribution in [3.8, 4) is 0 Å². The summed E-state index contributed by atoms with van der Waals surface area (Å²) in [7, 11) is 1.40. The molecule has 0 radical (unpaired) electrons. The second kappa shape index (κ2) is 39.1. The van der Waals surface area contributed by atoms with Crippen LogP contribution in [0.4, 0.5) is 0 Å². The number of esters is 2. The highest BCUT2D eigenvalue weighted by Crippen LogP contribution is 2.43. The van der Waals surface area contributed by atoms with Crippen LogP contribution in [0.3, 0.4) is 0 Å². The van der Waals surface area contributed by atoms with Crippen molar-refractivity contribution in [1.29, 1.82) is 0 Å². The van der Waals surface area contributed by atoms with Crippen LogP contribution in [0.1, 0.15) is 129 Å². The SMILES string of the molecule is CC/C=C/C/C=C/C/C=C/C/C=C/C/C=C/CCCC(=O)O[C@H](COC(=O)CCCCC/C=C/C/C=C/C/C=C/C/C=C/CCC)COP(=O)(O)OCC[N+](C)(C)C. The van der Waals surface area contributed by atoms with Crippen molar-refractivity contribution in [2.24, 2.45) is 0 Å². The molecular formula is C48H79NO8P+. The molecule has 0 aromatic carbocycles. The van der Waals surface area contributed by atoms with E-state index >= 15 is 0 Å². The zero-order chi connectivity index (χ0) is 42.8. The van der Waals surface area contributed by atoms with E-state index < -0.39 is 32.5 Å². The average Bonchev–Trinajstić information content (AvgIpc) is 3.17. The van der Waals surface area contributed by atoms with Crippen LogP contribution in [-0.4, -0.2) is 74.9 Å². The van der Waals surface area contributed by atoms with E-state index in [1.165, 1.54) is 6.42 Å². The molecule has 0 bridgehead atoms. The number of rotatable bonds is 37. The molecule has 0 aromatic rings. The lowest BCUT2D eigenvalue weighted by Gasteiger charge is -2.24. The molecule has 1 unspecified atom stereocenters. The first-order chi connectivity index (χ1) is 28.0. The molecule has 0 aromatic heterocycles. The summed E-state index contributed by atoms with van der Waals surface area (Å²) in [6.45, 7) is 4.10. The van der Waals surface area contributed by atoms with Gasteiger partial charge >= 0.3 is 19.8 Å². The molecular weight excluding hydrogens is 750 g/mol. The number of hydrogen-bond acceptors (Lipinski definition) is 7. The minimum Gasteiger partial charge on any atom is -0.462 e. The Bertz CT molecular complexity index is 1350. The fourth-order valence-electron chi connectivity index (χ4n) is 4.92. The molecule has 0 aliphatic heterocycles. The van der Waals surface area contributed by atoms with Crippen molar-refractivity contribution in [1.82, 2.24) is 0 Å². The van der Waals surface area contributed by atoms with Crippen LogP contribution in [0.5, 0.6) is 0 Å². The van der Waals surface area contributed by atoms with E-state index in [-0.39, 0.29) is 26.1 Å². The van der Waals surface area contributed by atoms with Crippen LogP contribution in [0.25, 0.3) is 0 Å². The average molecular weight is 829 g/mol. The Morgan fingerprint density at radius 3 is 1.48 bits per heavy atom. The Morgan fingerprint density at radius 1 is 0.552 bits per heavy atom. The molecule has 9 nitrogen and oxygen atoms in total. The van der Waals surface area contributed by atoms with Crippen LogP contribution >= 0.6 is 7.82 Å². The number of unbranched alkanes of at least 4 members (excludes halogenated alkanes) is 5. The molecule has 328 valence electrons. The molecule has 0 aliphatic rings. The lowest BCUT2D eigenvalue weighted by Crippen LogP contribution is -2.37. The van der Waals surface area contributed by atoms with Crippen LogP contribution < -0.4 is 0 Å². The van der Waals surface area contributed by atoms with E-state index in [1.807, 2.05) is 27.2 Å². The molecule has 0 spiro atoms. The van der Waals surface area contributed by atoms with Gasteiger partial charge in [0.25, 0.3) is 0 Å². The van der Waals surface area contributed by atoms with Crippen molar-refractivity contribution in [3.63, 3.8) is 0 Å². The predicted octanol–water partition coefficient (Wildman–Crippen LogP) is 12.3. The number of phosphoric acid groups is 1. The monoisotopic (exact) mass is 829 g/mol. The molecule has 0 saturated heterocycles. The van der Waals surface area contributed by atoms with Crippen LogP contribution in [-0.2, 0) is 32.7 Å². The minimum absolute atomic E-state index is 0.00878. The first-order valence-electron chi connectivity index (χ1n) is 21.6. The first kappa shape index (κ1) is 54.7. The standard InChI is InChI=1S/C48H78NO8P/c1-6-8-10-12-14-16-18-20-22-24-26-28-30-32-34-36-38-40-47(50)54-44-46(45-56-58(52,53)55-43-42-49(3,4)5)57-48(51)41-39-37-35-33-31-29-27-25-23-21-19-17-15-13-11-9-7-2/h9-12,15-18,21-24,27-30,33,35,46H,6-8,13-14,19-20,25-26,31-32,34,36-45H2,1-5H3/p+1/b11-9+,12-10+,17-15+,18-16+,23-21+,24-22+,29-27+,30-28+,35-33+/t46-/m1/s1. The van der Waals surface area contributed by atoms with Gasteiger partial charge in [-0.15, -0.1) is 0 Å². The lowest BCUT2D eigenvalue weighted by molar-refractivity contribution is -0.870. The largest absolute Gasteiger partial charge is 0.472 e. The van der Waals surface area contributed by atoms with Gasteiger partial charge in [0.05, 0.1) is 27.7 Å². The molecule has 0 aliphatic carbocycles. The highest BCUT2D eigenvalue weighted by atomic mass is 31.2. The van der Waals surface area contributed by atoms with Crippen molar-refractivity contribution in [3.05, 3.63) is 109 Å². The van der Waals surface area contributed by atoms with Crippen molar-refractivity contribution < 1.29 is 42.1 Å². The van der Waals surface area contributed by atoms with E-state index in [2.05, 4.69) is 117 Å². The quantitative estimate of drug-likeness (QED) is 0.0217. The number of quaternary nitrogens is 1. The van der Waals surface area contributed by atoms with Gasteiger partial charge in [-0.05, 0) is 89.9 Å². The summed E-state index contributed by atoms with van der Waals surface area (Å²) < 4.78 is 34.2. The highest BCUT2D eigenvalue weighted by Gasteiger charge is 2.27. The summed E-state index contributed by atoms with van der Waals surface area (Å²) in [6, 6.07) is 0. The number of likely N-dealkylation sites (N-methyl/N-ethyl adjacent to an activating group) is 1. The smallest absolute Gasteiger partial charge is 0.462 e. The molecule has 1 N–H and O–H groups in total. The van der Waals surface area contributed by atoms with Gasteiger partial charge in [-0.25, -0.2) is 4.57 Å². The summed E-state index contributed by atoms with van der Waals surface area (Å²) in [4.78, 5) is 35.3. The van der Waals surface area contributed by atoms with Crippen LogP contribution in [0.15, 0.2) is 109 Å². The maximum absolute atomic E-state index is 12.7. The topological polar surface area (TPSA) is 108 Å². The third-order valence-electron chi connectivity index (χ3n) is 8.27. The van der Waals surface area contributed by atoms with Gasteiger partial charge in [0.1, 0.15) is 19.8 Å². The molecule has 2 atom stereocenters. The minimum atomic E-state index is -4.41. The molecule has 0 saturated carbocycles. The summed E-state index contributed by atoms with van der Waals surface area (Å²) in [5.74, 6) is -0.917. The number of allylic oxidation sites excluding steroid dienone is 18. The maximum atomic E-state index is 12.7. The second-order valence-electron chi connectivity index (χ2n) is 15.0. The fourth-order valence-corrected chi connectivity index (χ4v) is 5.66. The zero-order valence-electron chi connectivity index (χ0n) is 36.7. The van der Waals surface area contributed by atoms with Crippen molar-refractivity contribution in [2.75, 3.05) is 47.5 Å². The van der Waals surface area contributed by atoms with Crippen LogP contribution in [0, 0.1) is 0 Å². The number of hydrogen-bond donors (Lipinski definition) is 1. The Morgan fingerprint density at radius 2 is 1.00 bits per heavy atom. The molecule has 0 amide bonds. The number of phosphoric ester groups is 1. The van der Waals surface area contributed by atoms with Gasteiger partial charge in [-0.1, -0.05) is 136 Å². The van der Waals surface area contributed by atoms with E-state index in [0.717, 1.165) is 77.0 Å². The number of nitrogens with zero attached hydrogens (tertiary/aromatic N) is 1. The zero-order valence-corrected chi connectivity index (χ0v) is 37.6. The summed E-state index contributed by atoms with van der Waals surface area (Å²) in [5, 5.41) is 0. The van der Waals surface area contributed by atoms with Crippen molar-refractivity contribution in [2.45, 2.75) is 136 Å². The Kier molecular flexibility index (Phi) is 36.9. The van der Waals surface area contributed by atoms with Gasteiger partial charge in [0.15, 0.2) is 6.10 Å². The molecule has 0 heterocycles. The third kappa shape index (κ3) is 42.3. The van der Waals surface area contributed by atoms with E-state index in [1.54, 1.807) is 0 Å². The Balaban J connectivity index is 4.56. The van der Waals surface area contributed by atoms with E-state index in [4.69, 9.17) is 18.5 Å². The third-order valence-corrected chi connectivity index (χ3v) is 9.25. The number of carbonyl (C=O) groups is 2. The normalized spacial score (nSPS) is 14.7. The maximum Gasteiger partial charge on any atom is 0.472 e. The molecule has 58 heavy (non-hydrogen) atoms. The summed E-state index contributed by atoms with van der Waals surface area (Å²) >= 11 is 0. The fraction of sp³-hybridized carbons (Fsp3) is 0.583. The van der Waals surface area contributed by atoms with Gasteiger partial charge in [-0.2, -0.15) is 0 Å². The van der Waals surface area contributed by atoms with Crippen molar-refractivity contribution >= 4 is 19.8 Å². The lowest BCUT2D eigenvalue weighted by atomic mass is 10.1. The van der Waals surface area contributed by atoms with Gasteiger partial charge in [0.2, 0.25) is 0 Å². The van der Waals surface area contributed by atoms with Gasteiger partial charge in [0, 0.05) is 12.8 Å². The van der Waals surface area contributed by atoms with Crippen LogP contribution in [0.2, 0.25) is 0 Å². The second-order valence-corrected chi connectivity index (χ2v) is 16.4. The molecule has 10 heteroatoms. The predicted molar refractivity (Wildman–Crippen MR) is 242 cm³/mol. The molecule has 0 fully saturated rings. The number of ether oxygens (including phenoxy) is 2. The van der Waals surface area contributed by atoms with Gasteiger partial charge < -0.3 is 18.9 Å². The van der Waals surface area contributed by atoms with E-state index in [9.17, 15) is 19.0 Å². The Hall–Kier alpha value is -3.33. The Labute approximate surface area is 353 Å². The van der Waals surface area contributed by atoms with E-state index in [0.29, 0.717) is 30.3 Å².